The molecule has 0 bridgehead atoms. The third-order valence-electron chi connectivity index (χ3n) is 4.97. The summed E-state index contributed by atoms with van der Waals surface area (Å²) in [6.07, 6.45) is 3.04. The van der Waals surface area contributed by atoms with Gasteiger partial charge in [0.1, 0.15) is 12.1 Å². The van der Waals surface area contributed by atoms with Gasteiger partial charge in [-0.05, 0) is 41.7 Å². The van der Waals surface area contributed by atoms with Crippen molar-refractivity contribution >= 4 is 5.91 Å². The van der Waals surface area contributed by atoms with Gasteiger partial charge in [0.05, 0.1) is 6.54 Å². The van der Waals surface area contributed by atoms with Crippen LogP contribution in [0.25, 0.3) is 0 Å². The van der Waals surface area contributed by atoms with E-state index >= 15 is 0 Å². The van der Waals surface area contributed by atoms with E-state index in [-0.39, 0.29) is 17.4 Å². The van der Waals surface area contributed by atoms with Gasteiger partial charge < -0.3 is 9.73 Å². The predicted molar refractivity (Wildman–Crippen MR) is 103 cm³/mol. The molecular formula is C22H22FN3O2. The summed E-state index contributed by atoms with van der Waals surface area (Å²) in [7, 11) is 0. The van der Waals surface area contributed by atoms with Crippen LogP contribution in [0.3, 0.4) is 0 Å². The molecule has 1 N–H and O–H groups in total. The fraction of sp³-hybridized carbons (Fsp3) is 0.273. The average molecular weight is 379 g/mol. The maximum atomic E-state index is 12.9. The minimum absolute atomic E-state index is 0.263. The molecule has 4 rings (SSSR count). The number of nitrogens with one attached hydrogen (secondary N) is 1. The highest BCUT2D eigenvalue weighted by atomic mass is 19.1. The lowest BCUT2D eigenvalue weighted by atomic mass is 10.00. The summed E-state index contributed by atoms with van der Waals surface area (Å²) >= 11 is 0. The Morgan fingerprint density at radius 2 is 1.93 bits per heavy atom. The Balaban J connectivity index is 1.28. The zero-order chi connectivity index (χ0) is 19.3. The van der Waals surface area contributed by atoms with Gasteiger partial charge in [-0.15, -0.1) is 0 Å². The smallest absolute Gasteiger partial charge is 0.273 e. The van der Waals surface area contributed by atoms with E-state index in [1.54, 1.807) is 12.1 Å². The second-order valence-electron chi connectivity index (χ2n) is 6.99. The Kier molecular flexibility index (Phi) is 5.48. The number of hydrogen-bond acceptors (Lipinski definition) is 4. The Morgan fingerprint density at radius 1 is 1.14 bits per heavy atom. The fourth-order valence-corrected chi connectivity index (χ4v) is 3.43. The van der Waals surface area contributed by atoms with Gasteiger partial charge in [-0.2, -0.15) is 0 Å². The largest absolute Gasteiger partial charge is 0.447 e. The number of amides is 1. The minimum Gasteiger partial charge on any atom is -0.447 e. The first-order valence-corrected chi connectivity index (χ1v) is 9.43. The zero-order valence-electron chi connectivity index (χ0n) is 15.5. The van der Waals surface area contributed by atoms with Crippen molar-refractivity contribution in [3.63, 3.8) is 0 Å². The number of benzene rings is 2. The summed E-state index contributed by atoms with van der Waals surface area (Å²) in [5.41, 5.74) is 3.98. The van der Waals surface area contributed by atoms with E-state index in [0.717, 1.165) is 25.1 Å². The van der Waals surface area contributed by atoms with Crippen molar-refractivity contribution in [3.8, 4) is 0 Å². The summed E-state index contributed by atoms with van der Waals surface area (Å²) < 4.78 is 18.4. The molecule has 0 radical (unpaired) electrons. The van der Waals surface area contributed by atoms with E-state index in [1.165, 1.54) is 29.5 Å². The second kappa shape index (κ2) is 8.35. The van der Waals surface area contributed by atoms with Gasteiger partial charge in [0.25, 0.3) is 5.91 Å². The molecular weight excluding hydrogens is 357 g/mol. The lowest BCUT2D eigenvalue weighted by Gasteiger charge is -2.27. The molecule has 0 saturated carbocycles. The summed E-state index contributed by atoms with van der Waals surface area (Å²) in [4.78, 5) is 18.8. The van der Waals surface area contributed by atoms with Crippen LogP contribution < -0.4 is 5.32 Å². The van der Waals surface area contributed by atoms with Crippen LogP contribution in [0.2, 0.25) is 0 Å². The first-order chi connectivity index (χ1) is 13.7. The number of aromatic nitrogens is 1. The highest BCUT2D eigenvalue weighted by Gasteiger charge is 2.19. The molecule has 0 spiro atoms. The van der Waals surface area contributed by atoms with Crippen LogP contribution in [0.5, 0.6) is 0 Å². The molecule has 0 aliphatic carbocycles. The monoisotopic (exact) mass is 379 g/mol. The van der Waals surface area contributed by atoms with E-state index in [1.807, 2.05) is 0 Å². The number of fused-ring (bicyclic) bond motifs is 1. The van der Waals surface area contributed by atoms with Crippen LogP contribution in [0, 0.1) is 5.82 Å². The van der Waals surface area contributed by atoms with E-state index in [2.05, 4.69) is 39.5 Å². The van der Waals surface area contributed by atoms with Gasteiger partial charge in [0, 0.05) is 19.6 Å². The topological polar surface area (TPSA) is 58.4 Å². The number of oxazole rings is 1. The maximum absolute atomic E-state index is 12.9. The molecule has 2 heterocycles. The van der Waals surface area contributed by atoms with Crippen molar-refractivity contribution in [2.75, 3.05) is 13.1 Å². The Labute approximate surface area is 163 Å². The lowest BCUT2D eigenvalue weighted by Crippen LogP contribution is -2.30. The quantitative estimate of drug-likeness (QED) is 0.714. The Morgan fingerprint density at radius 3 is 2.75 bits per heavy atom. The summed E-state index contributed by atoms with van der Waals surface area (Å²) in [6.45, 7) is 2.84. The van der Waals surface area contributed by atoms with Crippen LogP contribution in [-0.2, 0) is 25.9 Å². The van der Waals surface area contributed by atoms with Crippen molar-refractivity contribution in [3.05, 3.63) is 88.9 Å². The highest BCUT2D eigenvalue weighted by Crippen LogP contribution is 2.20. The van der Waals surface area contributed by atoms with Crippen LogP contribution in [0.15, 0.2) is 59.2 Å². The molecule has 1 aliphatic rings. The third kappa shape index (κ3) is 4.46. The van der Waals surface area contributed by atoms with Gasteiger partial charge in [0.15, 0.2) is 5.69 Å². The second-order valence-corrected chi connectivity index (χ2v) is 6.99. The summed E-state index contributed by atoms with van der Waals surface area (Å²) in [6, 6.07) is 14.7. The van der Waals surface area contributed by atoms with Gasteiger partial charge in [0.2, 0.25) is 5.89 Å². The maximum Gasteiger partial charge on any atom is 0.273 e. The van der Waals surface area contributed by atoms with E-state index in [0.29, 0.717) is 25.4 Å². The standard InChI is InChI=1S/C22H22FN3O2/c23-19-7-5-16(6-8-19)9-11-24-22(27)20-15-28-21(25-20)14-26-12-10-17-3-1-2-4-18(17)13-26/h1-8,15H,9-14H2,(H,24,27). The zero-order valence-corrected chi connectivity index (χ0v) is 15.5. The van der Waals surface area contributed by atoms with Crippen molar-refractivity contribution in [1.29, 1.82) is 0 Å². The van der Waals surface area contributed by atoms with Gasteiger partial charge in [-0.25, -0.2) is 9.37 Å². The molecule has 0 saturated heterocycles. The molecule has 1 aliphatic heterocycles. The molecule has 0 fully saturated rings. The molecule has 144 valence electrons. The lowest BCUT2D eigenvalue weighted by molar-refractivity contribution is 0.0949. The molecule has 0 unspecified atom stereocenters. The van der Waals surface area contributed by atoms with Crippen molar-refractivity contribution in [2.45, 2.75) is 25.9 Å². The molecule has 5 nitrogen and oxygen atoms in total. The normalized spacial score (nSPS) is 13.9. The van der Waals surface area contributed by atoms with Crippen molar-refractivity contribution in [1.82, 2.24) is 15.2 Å². The highest BCUT2D eigenvalue weighted by molar-refractivity contribution is 5.91. The summed E-state index contributed by atoms with van der Waals surface area (Å²) in [5, 5.41) is 2.82. The number of hydrogen-bond donors (Lipinski definition) is 1. The molecule has 0 atom stereocenters. The minimum atomic E-state index is -0.264. The Bertz CT molecular complexity index is 952. The molecule has 3 aromatic rings. The average Bonchev–Trinajstić information content (AvgIpc) is 3.18. The number of carbonyl (C=O) groups excluding carboxylic acids is 1. The predicted octanol–water partition coefficient (Wildman–Crippen LogP) is 3.34. The first-order valence-electron chi connectivity index (χ1n) is 9.43. The van der Waals surface area contributed by atoms with Crippen LogP contribution in [-0.4, -0.2) is 28.9 Å². The molecule has 1 amide bonds. The molecule has 2 aromatic carbocycles. The SMILES string of the molecule is O=C(NCCc1ccc(F)cc1)c1coc(CN2CCc3ccccc3C2)n1. The van der Waals surface area contributed by atoms with Crippen LogP contribution >= 0.6 is 0 Å². The third-order valence-corrected chi connectivity index (χ3v) is 4.97. The molecule has 28 heavy (non-hydrogen) atoms. The van der Waals surface area contributed by atoms with Gasteiger partial charge in [-0.3, -0.25) is 9.69 Å². The van der Waals surface area contributed by atoms with Crippen molar-refractivity contribution in [2.24, 2.45) is 0 Å². The van der Waals surface area contributed by atoms with Crippen LogP contribution in [0.4, 0.5) is 4.39 Å². The first kappa shape index (κ1) is 18.4. The van der Waals surface area contributed by atoms with E-state index in [9.17, 15) is 9.18 Å². The van der Waals surface area contributed by atoms with Crippen LogP contribution in [0.1, 0.15) is 33.1 Å². The number of nitrogens with zero attached hydrogens (tertiary/aromatic N) is 2. The van der Waals surface area contributed by atoms with Gasteiger partial charge in [-0.1, -0.05) is 36.4 Å². The molecule has 1 aromatic heterocycles. The molecule has 6 heteroatoms. The Hall–Kier alpha value is -2.99. The summed E-state index contributed by atoms with van der Waals surface area (Å²) in [5.74, 6) is 0.0178. The van der Waals surface area contributed by atoms with Crippen molar-refractivity contribution < 1.29 is 13.6 Å². The van der Waals surface area contributed by atoms with E-state index < -0.39 is 0 Å². The fourth-order valence-electron chi connectivity index (χ4n) is 3.43. The number of carbonyl (C=O) groups is 1. The van der Waals surface area contributed by atoms with Gasteiger partial charge >= 0.3 is 0 Å². The number of rotatable bonds is 6. The number of halogens is 1. The van der Waals surface area contributed by atoms with E-state index in [4.69, 9.17) is 4.42 Å².